The van der Waals surface area contributed by atoms with Gasteiger partial charge in [0.25, 0.3) is 5.91 Å². The third-order valence-corrected chi connectivity index (χ3v) is 5.26. The number of thiocarbonyl (C=S) groups is 1. The van der Waals surface area contributed by atoms with Gasteiger partial charge in [-0.3, -0.25) is 10.1 Å². The largest absolute Gasteiger partial charge is 0.493 e. The Kier molecular flexibility index (Phi) is 9.07. The fraction of sp³-hybridized carbons (Fsp3) is 0.200. The van der Waals surface area contributed by atoms with Crippen molar-refractivity contribution in [1.82, 2.24) is 5.32 Å². The lowest BCUT2D eigenvalue weighted by molar-refractivity contribution is 0.0974. The lowest BCUT2D eigenvalue weighted by Gasteiger charge is -2.15. The number of hydrogen-bond acceptors (Lipinski definition) is 4. The molecule has 0 fully saturated rings. The summed E-state index contributed by atoms with van der Waals surface area (Å²) in [5.74, 6) is 0.821. The molecule has 7 heteroatoms. The van der Waals surface area contributed by atoms with Crippen LogP contribution >= 0.6 is 28.1 Å². The molecule has 0 unspecified atom stereocenters. The minimum atomic E-state index is -0.353. The van der Waals surface area contributed by atoms with Gasteiger partial charge in [-0.15, -0.1) is 0 Å². The van der Waals surface area contributed by atoms with Crippen LogP contribution < -0.4 is 20.1 Å². The van der Waals surface area contributed by atoms with E-state index in [-0.39, 0.29) is 11.0 Å². The average molecular weight is 513 g/mol. The van der Waals surface area contributed by atoms with E-state index in [0.717, 1.165) is 17.3 Å². The van der Waals surface area contributed by atoms with E-state index in [1.165, 1.54) is 5.56 Å². The van der Waals surface area contributed by atoms with Crippen molar-refractivity contribution in [2.45, 2.75) is 19.8 Å². The van der Waals surface area contributed by atoms with E-state index in [1.54, 1.807) is 12.1 Å². The summed E-state index contributed by atoms with van der Waals surface area (Å²) in [6.45, 7) is 2.90. The molecule has 0 bridgehead atoms. The number of anilines is 1. The second-order valence-electron chi connectivity index (χ2n) is 6.92. The molecule has 0 aliphatic carbocycles. The number of ether oxygens (including phenoxy) is 2. The fourth-order valence-electron chi connectivity index (χ4n) is 3.08. The summed E-state index contributed by atoms with van der Waals surface area (Å²) >= 11 is 8.75. The average Bonchev–Trinajstić information content (AvgIpc) is 2.79. The Labute approximate surface area is 202 Å². The molecule has 0 saturated heterocycles. The molecule has 5 nitrogen and oxygen atoms in total. The monoisotopic (exact) mass is 512 g/mol. The summed E-state index contributed by atoms with van der Waals surface area (Å²) in [7, 11) is 0. The zero-order chi connectivity index (χ0) is 22.8. The van der Waals surface area contributed by atoms with Gasteiger partial charge in [0.05, 0.1) is 24.5 Å². The van der Waals surface area contributed by atoms with Gasteiger partial charge in [-0.2, -0.15) is 0 Å². The Hall–Kier alpha value is -2.90. The molecule has 0 spiro atoms. The Balaban J connectivity index is 1.57. The molecule has 166 valence electrons. The van der Waals surface area contributed by atoms with Crippen molar-refractivity contribution < 1.29 is 14.3 Å². The molecule has 0 aliphatic heterocycles. The highest BCUT2D eigenvalue weighted by molar-refractivity contribution is 9.10. The van der Waals surface area contributed by atoms with E-state index in [9.17, 15) is 4.79 Å². The maximum atomic E-state index is 12.8. The standard InChI is InChI=1S/C25H25BrN2O3S/c1-2-30-22-15-14-19(26)17-20(22)24(29)28-25(32)27-21-12-6-7-13-23(21)31-16-8-11-18-9-4-3-5-10-18/h3-7,9-10,12-15,17H,2,8,11,16H2,1H3,(H2,27,28,29,32). The van der Waals surface area contributed by atoms with Crippen LogP contribution in [-0.2, 0) is 6.42 Å². The molecule has 0 heterocycles. The number of hydrogen-bond donors (Lipinski definition) is 2. The quantitative estimate of drug-likeness (QED) is 0.272. The topological polar surface area (TPSA) is 59.6 Å². The molecule has 3 rings (SSSR count). The van der Waals surface area contributed by atoms with Gasteiger partial charge < -0.3 is 14.8 Å². The third-order valence-electron chi connectivity index (χ3n) is 4.56. The van der Waals surface area contributed by atoms with Gasteiger partial charge in [0.1, 0.15) is 11.5 Å². The molecule has 3 aromatic carbocycles. The molecule has 0 aromatic heterocycles. The number of carbonyl (C=O) groups excluding carboxylic acids is 1. The highest BCUT2D eigenvalue weighted by atomic mass is 79.9. The first-order chi connectivity index (χ1) is 15.6. The Morgan fingerprint density at radius 2 is 1.72 bits per heavy atom. The Bertz CT molecular complexity index is 1060. The van der Waals surface area contributed by atoms with Gasteiger partial charge in [-0.25, -0.2) is 0 Å². The van der Waals surface area contributed by atoms with Crippen LogP contribution in [-0.4, -0.2) is 24.2 Å². The number of aryl methyl sites for hydroxylation is 1. The molecule has 32 heavy (non-hydrogen) atoms. The predicted octanol–water partition coefficient (Wildman–Crippen LogP) is 5.99. The van der Waals surface area contributed by atoms with E-state index in [2.05, 4.69) is 38.7 Å². The first-order valence-electron chi connectivity index (χ1n) is 10.4. The van der Waals surface area contributed by atoms with Gasteiger partial charge in [0.15, 0.2) is 5.11 Å². The number of rotatable bonds is 9. The SMILES string of the molecule is CCOc1ccc(Br)cc1C(=O)NC(=S)Nc1ccccc1OCCCc1ccccc1. The first-order valence-corrected chi connectivity index (χ1v) is 11.6. The first kappa shape index (κ1) is 23.8. The van der Waals surface area contributed by atoms with Crippen molar-refractivity contribution in [3.63, 3.8) is 0 Å². The summed E-state index contributed by atoms with van der Waals surface area (Å²) < 4.78 is 12.3. The van der Waals surface area contributed by atoms with Gasteiger partial charge >= 0.3 is 0 Å². The van der Waals surface area contributed by atoms with E-state index in [4.69, 9.17) is 21.7 Å². The van der Waals surface area contributed by atoms with Crippen LogP contribution in [0.25, 0.3) is 0 Å². The van der Waals surface area contributed by atoms with Crippen molar-refractivity contribution in [2.24, 2.45) is 0 Å². The maximum Gasteiger partial charge on any atom is 0.261 e. The van der Waals surface area contributed by atoms with Crippen LogP contribution in [0.1, 0.15) is 29.3 Å². The van der Waals surface area contributed by atoms with E-state index < -0.39 is 0 Å². The molecule has 0 radical (unpaired) electrons. The van der Waals surface area contributed by atoms with Crippen molar-refractivity contribution in [1.29, 1.82) is 0 Å². The summed E-state index contributed by atoms with van der Waals surface area (Å²) in [5, 5.41) is 5.95. The van der Waals surface area contributed by atoms with E-state index in [0.29, 0.717) is 36.0 Å². The molecule has 3 aromatic rings. The summed E-state index contributed by atoms with van der Waals surface area (Å²) in [6, 6.07) is 23.1. The Morgan fingerprint density at radius 1 is 0.969 bits per heavy atom. The summed E-state index contributed by atoms with van der Waals surface area (Å²) in [6.07, 6.45) is 1.84. The van der Waals surface area contributed by atoms with Crippen LogP contribution in [0.3, 0.4) is 0 Å². The molecule has 0 saturated carbocycles. The van der Waals surface area contributed by atoms with Crippen LogP contribution in [0.5, 0.6) is 11.5 Å². The number of para-hydroxylation sites is 2. The number of halogens is 1. The number of amides is 1. The molecule has 2 N–H and O–H groups in total. The summed E-state index contributed by atoms with van der Waals surface area (Å²) in [4.78, 5) is 12.8. The fourth-order valence-corrected chi connectivity index (χ4v) is 3.65. The van der Waals surface area contributed by atoms with Crippen molar-refractivity contribution in [2.75, 3.05) is 18.5 Å². The predicted molar refractivity (Wildman–Crippen MR) is 136 cm³/mol. The second-order valence-corrected chi connectivity index (χ2v) is 8.24. The molecule has 0 atom stereocenters. The lowest BCUT2D eigenvalue weighted by atomic mass is 10.1. The normalized spacial score (nSPS) is 10.3. The second kappa shape index (κ2) is 12.2. The zero-order valence-electron chi connectivity index (χ0n) is 17.8. The maximum absolute atomic E-state index is 12.8. The van der Waals surface area contributed by atoms with Crippen LogP contribution in [0.15, 0.2) is 77.3 Å². The Morgan fingerprint density at radius 3 is 2.50 bits per heavy atom. The lowest BCUT2D eigenvalue weighted by Crippen LogP contribution is -2.34. The third kappa shape index (κ3) is 7.07. The minimum absolute atomic E-state index is 0.178. The van der Waals surface area contributed by atoms with Crippen molar-refractivity contribution in [3.8, 4) is 11.5 Å². The van der Waals surface area contributed by atoms with Gasteiger partial charge in [-0.05, 0) is 67.9 Å². The van der Waals surface area contributed by atoms with Crippen molar-refractivity contribution >= 4 is 44.9 Å². The highest BCUT2D eigenvalue weighted by Crippen LogP contribution is 2.25. The molecular formula is C25H25BrN2O3S. The van der Waals surface area contributed by atoms with E-state index in [1.807, 2.05) is 55.5 Å². The van der Waals surface area contributed by atoms with E-state index >= 15 is 0 Å². The molecular weight excluding hydrogens is 488 g/mol. The number of nitrogens with one attached hydrogen (secondary N) is 2. The van der Waals surface area contributed by atoms with Crippen LogP contribution in [0, 0.1) is 0 Å². The molecule has 0 aliphatic rings. The van der Waals surface area contributed by atoms with Crippen LogP contribution in [0.4, 0.5) is 5.69 Å². The zero-order valence-corrected chi connectivity index (χ0v) is 20.2. The summed E-state index contributed by atoms with van der Waals surface area (Å²) in [5.41, 5.74) is 2.37. The minimum Gasteiger partial charge on any atom is -0.493 e. The van der Waals surface area contributed by atoms with Gasteiger partial charge in [0.2, 0.25) is 0 Å². The van der Waals surface area contributed by atoms with Crippen molar-refractivity contribution in [3.05, 3.63) is 88.4 Å². The smallest absolute Gasteiger partial charge is 0.261 e. The van der Waals surface area contributed by atoms with Gasteiger partial charge in [-0.1, -0.05) is 58.4 Å². The highest BCUT2D eigenvalue weighted by Gasteiger charge is 2.15. The van der Waals surface area contributed by atoms with Gasteiger partial charge in [0, 0.05) is 4.47 Å². The number of benzene rings is 3. The number of carbonyl (C=O) groups is 1. The molecule has 1 amide bonds. The van der Waals surface area contributed by atoms with Crippen LogP contribution in [0.2, 0.25) is 0 Å².